The van der Waals surface area contributed by atoms with Gasteiger partial charge < -0.3 is 10.1 Å². The molecule has 0 radical (unpaired) electrons. The van der Waals surface area contributed by atoms with Crippen LogP contribution in [0.2, 0.25) is 0 Å². The van der Waals surface area contributed by atoms with E-state index in [1.165, 1.54) is 29.7 Å². The van der Waals surface area contributed by atoms with Crippen molar-refractivity contribution < 1.29 is 23.1 Å². The van der Waals surface area contributed by atoms with Gasteiger partial charge in [-0.1, -0.05) is 12.1 Å². The van der Waals surface area contributed by atoms with E-state index in [0.717, 1.165) is 6.20 Å². The molecule has 0 aliphatic rings. The molecule has 2 heterocycles. The number of hydrogen-bond donors (Lipinski definition) is 1. The quantitative estimate of drug-likeness (QED) is 0.660. The molecule has 0 spiro atoms. The molecule has 2 aromatic heterocycles. The van der Waals surface area contributed by atoms with Crippen LogP contribution in [-0.2, 0) is 11.3 Å². The maximum Gasteiger partial charge on any atom is 0.338 e. The van der Waals surface area contributed by atoms with Crippen LogP contribution in [0.5, 0.6) is 0 Å². The summed E-state index contributed by atoms with van der Waals surface area (Å²) < 4.78 is 31.1. The van der Waals surface area contributed by atoms with E-state index in [1.807, 2.05) is 0 Å². The van der Waals surface area contributed by atoms with Crippen LogP contribution < -0.4 is 5.32 Å². The molecule has 0 bridgehead atoms. The standard InChI is InChI=1S/C17H13F2N3O3S/c18-17(19)22-7-6-20-14(22)10-25-16(24)11-3-1-4-12(9-11)21-15(23)13-5-2-8-26-13/h1-9,17H,10H2,(H,21,23). The van der Waals surface area contributed by atoms with Crippen LogP contribution in [0.1, 0.15) is 32.4 Å². The lowest BCUT2D eigenvalue weighted by molar-refractivity contribution is 0.0376. The third-order valence-electron chi connectivity index (χ3n) is 3.39. The Morgan fingerprint density at radius 2 is 2.12 bits per heavy atom. The molecule has 6 nitrogen and oxygen atoms in total. The molecule has 0 aliphatic heterocycles. The zero-order chi connectivity index (χ0) is 18.5. The van der Waals surface area contributed by atoms with E-state index >= 15 is 0 Å². The topological polar surface area (TPSA) is 73.2 Å². The molecule has 1 N–H and O–H groups in total. The normalized spacial score (nSPS) is 10.7. The van der Waals surface area contributed by atoms with Gasteiger partial charge in [-0.15, -0.1) is 11.3 Å². The molecule has 3 aromatic rings. The Hall–Kier alpha value is -3.07. The summed E-state index contributed by atoms with van der Waals surface area (Å²) in [6, 6.07) is 9.61. The number of imidazole rings is 1. The fourth-order valence-electron chi connectivity index (χ4n) is 2.17. The van der Waals surface area contributed by atoms with Crippen LogP contribution >= 0.6 is 11.3 Å². The summed E-state index contributed by atoms with van der Waals surface area (Å²) in [5, 5.41) is 4.47. The van der Waals surface area contributed by atoms with Gasteiger partial charge in [0.05, 0.1) is 10.4 Å². The van der Waals surface area contributed by atoms with Crippen LogP contribution in [0.25, 0.3) is 0 Å². The molecule has 9 heteroatoms. The summed E-state index contributed by atoms with van der Waals surface area (Å²) in [6.07, 6.45) is 2.31. The number of nitrogens with one attached hydrogen (secondary N) is 1. The van der Waals surface area contributed by atoms with Gasteiger partial charge in [-0.05, 0) is 29.6 Å². The fourth-order valence-corrected chi connectivity index (χ4v) is 2.79. The van der Waals surface area contributed by atoms with E-state index in [2.05, 4.69) is 10.3 Å². The predicted molar refractivity (Wildman–Crippen MR) is 91.3 cm³/mol. The van der Waals surface area contributed by atoms with Gasteiger partial charge in [0.25, 0.3) is 5.91 Å². The monoisotopic (exact) mass is 377 g/mol. The second-order valence-corrected chi connectivity index (χ2v) is 6.06. The summed E-state index contributed by atoms with van der Waals surface area (Å²) in [5.41, 5.74) is 0.607. The lowest BCUT2D eigenvalue weighted by Crippen LogP contribution is -2.12. The molecule has 0 saturated carbocycles. The molecule has 0 saturated heterocycles. The highest BCUT2D eigenvalue weighted by Gasteiger charge is 2.15. The Morgan fingerprint density at radius 1 is 1.27 bits per heavy atom. The van der Waals surface area contributed by atoms with Gasteiger partial charge in [-0.25, -0.2) is 9.78 Å². The molecule has 0 atom stereocenters. The lowest BCUT2D eigenvalue weighted by atomic mass is 10.2. The average Bonchev–Trinajstić information content (AvgIpc) is 3.31. The molecule has 0 aliphatic carbocycles. The van der Waals surface area contributed by atoms with Gasteiger partial charge in [0.1, 0.15) is 6.61 Å². The SMILES string of the molecule is O=C(OCc1nccn1C(F)F)c1cccc(NC(=O)c2cccs2)c1. The Kier molecular flexibility index (Phi) is 5.37. The number of rotatable bonds is 6. The first-order valence-electron chi connectivity index (χ1n) is 7.46. The number of esters is 1. The largest absolute Gasteiger partial charge is 0.454 e. The molecule has 1 amide bonds. The average molecular weight is 377 g/mol. The van der Waals surface area contributed by atoms with Crippen molar-refractivity contribution in [3.05, 3.63) is 70.4 Å². The van der Waals surface area contributed by atoms with E-state index in [1.54, 1.807) is 29.6 Å². The highest BCUT2D eigenvalue weighted by molar-refractivity contribution is 7.12. The number of carbonyl (C=O) groups is 2. The van der Waals surface area contributed by atoms with Crippen molar-refractivity contribution in [2.24, 2.45) is 0 Å². The summed E-state index contributed by atoms with van der Waals surface area (Å²) in [4.78, 5) is 28.4. The van der Waals surface area contributed by atoms with Crippen molar-refractivity contribution >= 4 is 28.9 Å². The number of aromatic nitrogens is 2. The number of alkyl halides is 2. The van der Waals surface area contributed by atoms with Crippen molar-refractivity contribution in [3.8, 4) is 0 Å². The number of hydrogen-bond acceptors (Lipinski definition) is 5. The molecule has 134 valence electrons. The van der Waals surface area contributed by atoms with Gasteiger partial charge in [0, 0.05) is 18.1 Å². The molecular formula is C17H13F2N3O3S. The van der Waals surface area contributed by atoms with E-state index in [9.17, 15) is 18.4 Å². The third-order valence-corrected chi connectivity index (χ3v) is 4.26. The first-order chi connectivity index (χ1) is 12.5. The number of benzene rings is 1. The second kappa shape index (κ2) is 7.87. The minimum atomic E-state index is -2.76. The van der Waals surface area contributed by atoms with Crippen LogP contribution in [-0.4, -0.2) is 21.4 Å². The number of carbonyl (C=O) groups excluding carboxylic acids is 2. The van der Waals surface area contributed by atoms with Gasteiger partial charge in [-0.3, -0.25) is 9.36 Å². The summed E-state index contributed by atoms with van der Waals surface area (Å²) >= 11 is 1.30. The molecule has 26 heavy (non-hydrogen) atoms. The summed E-state index contributed by atoms with van der Waals surface area (Å²) in [7, 11) is 0. The number of thiophene rings is 1. The van der Waals surface area contributed by atoms with Crippen LogP contribution in [0.4, 0.5) is 14.5 Å². The fraction of sp³-hybridized carbons (Fsp3) is 0.118. The molecular weight excluding hydrogens is 364 g/mol. The van der Waals surface area contributed by atoms with Gasteiger partial charge in [-0.2, -0.15) is 8.78 Å². The minimum absolute atomic E-state index is 0.0597. The maximum absolute atomic E-state index is 12.7. The van der Waals surface area contributed by atoms with Crippen molar-refractivity contribution in [1.82, 2.24) is 9.55 Å². The van der Waals surface area contributed by atoms with E-state index < -0.39 is 12.5 Å². The van der Waals surface area contributed by atoms with Gasteiger partial charge in [0.15, 0.2) is 5.82 Å². The Balaban J connectivity index is 1.64. The molecule has 0 unspecified atom stereocenters. The Labute approximate surface area is 151 Å². The van der Waals surface area contributed by atoms with Gasteiger partial charge >= 0.3 is 12.5 Å². The number of halogens is 2. The first kappa shape index (κ1) is 17.7. The van der Waals surface area contributed by atoms with Crippen molar-refractivity contribution in [1.29, 1.82) is 0 Å². The van der Waals surface area contributed by atoms with E-state index in [4.69, 9.17) is 4.74 Å². The predicted octanol–water partition coefficient (Wildman–Crippen LogP) is 3.95. The minimum Gasteiger partial charge on any atom is -0.454 e. The molecule has 0 fully saturated rings. The number of nitrogens with zero attached hydrogens (tertiary/aromatic N) is 2. The highest BCUT2D eigenvalue weighted by Crippen LogP contribution is 2.17. The number of ether oxygens (including phenoxy) is 1. The van der Waals surface area contributed by atoms with Crippen LogP contribution in [0.15, 0.2) is 54.2 Å². The second-order valence-electron chi connectivity index (χ2n) is 5.12. The molecule has 3 rings (SSSR count). The molecule has 1 aromatic carbocycles. The Bertz CT molecular complexity index is 910. The van der Waals surface area contributed by atoms with Crippen molar-refractivity contribution in [3.63, 3.8) is 0 Å². The number of anilines is 1. The first-order valence-corrected chi connectivity index (χ1v) is 8.34. The lowest BCUT2D eigenvalue weighted by Gasteiger charge is -2.09. The van der Waals surface area contributed by atoms with E-state index in [0.29, 0.717) is 15.1 Å². The van der Waals surface area contributed by atoms with Gasteiger partial charge in [0.2, 0.25) is 0 Å². The van der Waals surface area contributed by atoms with Crippen molar-refractivity contribution in [2.45, 2.75) is 13.2 Å². The van der Waals surface area contributed by atoms with E-state index in [-0.39, 0.29) is 23.9 Å². The third kappa shape index (κ3) is 4.12. The zero-order valence-corrected chi connectivity index (χ0v) is 14.1. The van der Waals surface area contributed by atoms with Crippen LogP contribution in [0, 0.1) is 0 Å². The smallest absolute Gasteiger partial charge is 0.338 e. The highest BCUT2D eigenvalue weighted by atomic mass is 32.1. The number of amides is 1. The maximum atomic E-state index is 12.7. The zero-order valence-electron chi connectivity index (χ0n) is 13.3. The summed E-state index contributed by atoms with van der Waals surface area (Å²) in [6.45, 7) is -3.15. The summed E-state index contributed by atoms with van der Waals surface area (Å²) in [5.74, 6) is -1.05. The Morgan fingerprint density at radius 3 is 2.85 bits per heavy atom. The van der Waals surface area contributed by atoms with Crippen molar-refractivity contribution in [2.75, 3.05) is 5.32 Å². The van der Waals surface area contributed by atoms with Crippen LogP contribution in [0.3, 0.4) is 0 Å².